The molecule has 0 aromatic heterocycles. The van der Waals surface area contributed by atoms with E-state index < -0.39 is 5.92 Å². The van der Waals surface area contributed by atoms with Crippen molar-refractivity contribution >= 4 is 17.9 Å². The SMILES string of the molecule is CC(=O)/C(C)=C/[O-].CC(=O)C(C)C=O.[Na+]. The molecule has 0 aliphatic carbocycles. The number of carbonyl (C=O) groups is 3. The predicted octanol–water partition coefficient (Wildman–Crippen LogP) is -2.75. The van der Waals surface area contributed by atoms with Crippen LogP contribution in [0.15, 0.2) is 11.8 Å². The van der Waals surface area contributed by atoms with Crippen LogP contribution in [0.25, 0.3) is 0 Å². The van der Waals surface area contributed by atoms with Crippen LogP contribution >= 0.6 is 0 Å². The summed E-state index contributed by atoms with van der Waals surface area (Å²) in [4.78, 5) is 30.0. The number of allylic oxidation sites excluding steroid dienone is 1. The molecule has 0 heterocycles. The fourth-order valence-electron chi connectivity index (χ4n) is 0.179. The van der Waals surface area contributed by atoms with Crippen LogP contribution in [0.2, 0.25) is 0 Å². The number of hydrogen-bond acceptors (Lipinski definition) is 4. The predicted molar refractivity (Wildman–Crippen MR) is 50.3 cm³/mol. The van der Waals surface area contributed by atoms with E-state index in [1.165, 1.54) is 20.8 Å². The van der Waals surface area contributed by atoms with Gasteiger partial charge in [0.15, 0.2) is 5.78 Å². The van der Waals surface area contributed by atoms with Crippen molar-refractivity contribution in [1.82, 2.24) is 0 Å². The van der Waals surface area contributed by atoms with Crippen molar-refractivity contribution in [3.05, 3.63) is 11.8 Å². The van der Waals surface area contributed by atoms with Crippen LogP contribution in [0.3, 0.4) is 0 Å². The summed E-state index contributed by atoms with van der Waals surface area (Å²) in [5, 5.41) is 9.69. The van der Waals surface area contributed by atoms with Crippen LogP contribution in [-0.4, -0.2) is 17.9 Å². The molecule has 5 heteroatoms. The van der Waals surface area contributed by atoms with Gasteiger partial charge in [-0.05, 0) is 33.3 Å². The minimum Gasteiger partial charge on any atom is -0.878 e. The molecule has 0 radical (unpaired) electrons. The Hall–Kier alpha value is -0.450. The molecular weight excluding hydrogens is 207 g/mol. The number of ketones is 2. The van der Waals surface area contributed by atoms with E-state index in [1.54, 1.807) is 6.92 Å². The van der Waals surface area contributed by atoms with Gasteiger partial charge in [0.2, 0.25) is 0 Å². The van der Waals surface area contributed by atoms with E-state index in [1.807, 2.05) is 0 Å². The molecule has 0 saturated heterocycles. The number of rotatable bonds is 3. The molecule has 0 saturated carbocycles. The molecule has 0 bridgehead atoms. The molecule has 0 rings (SSSR count). The number of hydrogen-bond donors (Lipinski definition) is 0. The Morgan fingerprint density at radius 1 is 1.20 bits per heavy atom. The smallest absolute Gasteiger partial charge is 0.878 e. The first-order valence-corrected chi connectivity index (χ1v) is 4.12. The largest absolute Gasteiger partial charge is 1.00 e. The van der Waals surface area contributed by atoms with Crippen LogP contribution in [0, 0.1) is 5.92 Å². The molecular formula is C10H15NaO4. The molecule has 0 amide bonds. The molecule has 0 N–H and O–H groups in total. The minimum absolute atomic E-state index is 0. The van der Waals surface area contributed by atoms with Crippen molar-refractivity contribution in [2.45, 2.75) is 27.7 Å². The van der Waals surface area contributed by atoms with Crippen molar-refractivity contribution in [2.75, 3.05) is 0 Å². The van der Waals surface area contributed by atoms with Gasteiger partial charge in [-0.25, -0.2) is 0 Å². The van der Waals surface area contributed by atoms with Crippen LogP contribution in [0.5, 0.6) is 0 Å². The van der Waals surface area contributed by atoms with Gasteiger partial charge in [-0.2, -0.15) is 0 Å². The average molecular weight is 222 g/mol. The first kappa shape index (κ1) is 20.0. The summed E-state index contributed by atoms with van der Waals surface area (Å²) in [6.45, 7) is 5.84. The van der Waals surface area contributed by atoms with Gasteiger partial charge in [0, 0.05) is 0 Å². The van der Waals surface area contributed by atoms with Gasteiger partial charge in [-0.3, -0.25) is 9.59 Å². The summed E-state index contributed by atoms with van der Waals surface area (Å²) in [6.07, 6.45) is 1.20. The van der Waals surface area contributed by atoms with E-state index in [0.29, 0.717) is 12.5 Å². The molecule has 15 heavy (non-hydrogen) atoms. The van der Waals surface area contributed by atoms with Crippen LogP contribution in [-0.2, 0) is 14.4 Å². The summed E-state index contributed by atoms with van der Waals surface area (Å²) in [5.41, 5.74) is 0.278. The van der Waals surface area contributed by atoms with Gasteiger partial charge in [0.25, 0.3) is 0 Å². The quantitative estimate of drug-likeness (QED) is 0.171. The second-order valence-corrected chi connectivity index (χ2v) is 2.89. The first-order valence-electron chi connectivity index (χ1n) is 4.12. The third-order valence-corrected chi connectivity index (χ3v) is 1.58. The van der Waals surface area contributed by atoms with Crippen LogP contribution in [0.4, 0.5) is 0 Å². The van der Waals surface area contributed by atoms with E-state index in [-0.39, 0.29) is 46.7 Å². The van der Waals surface area contributed by atoms with E-state index in [0.717, 1.165) is 0 Å². The van der Waals surface area contributed by atoms with Crippen LogP contribution in [0.1, 0.15) is 27.7 Å². The minimum atomic E-state index is -0.417. The van der Waals surface area contributed by atoms with Gasteiger partial charge < -0.3 is 9.90 Å². The summed E-state index contributed by atoms with van der Waals surface area (Å²) in [6, 6.07) is 0. The standard InChI is InChI=1S/2C5H8O2.Na/c2*1-4(3-6)5(2)7;/h3,6H,1-2H3;3-4H,1-2H3;/q;;+1/p-1/b4-3+;;. The van der Waals surface area contributed by atoms with E-state index in [2.05, 4.69) is 0 Å². The van der Waals surface area contributed by atoms with Crippen molar-refractivity contribution in [3.63, 3.8) is 0 Å². The second kappa shape index (κ2) is 11.6. The normalized spacial score (nSPS) is 11.3. The Kier molecular flexibility index (Phi) is 15.5. The Bertz CT molecular complexity index is 246. The van der Waals surface area contributed by atoms with Crippen molar-refractivity contribution in [1.29, 1.82) is 0 Å². The maximum absolute atomic E-state index is 10.1. The molecule has 0 aromatic carbocycles. The zero-order valence-corrected chi connectivity index (χ0v) is 11.9. The average Bonchev–Trinajstić information content (AvgIpc) is 2.15. The number of aldehydes is 1. The maximum atomic E-state index is 10.1. The fourth-order valence-corrected chi connectivity index (χ4v) is 0.179. The summed E-state index contributed by atoms with van der Waals surface area (Å²) in [7, 11) is 0. The third kappa shape index (κ3) is 13.6. The molecule has 4 nitrogen and oxygen atoms in total. The Morgan fingerprint density at radius 3 is 1.60 bits per heavy atom. The summed E-state index contributed by atoms with van der Waals surface area (Å²) < 4.78 is 0. The summed E-state index contributed by atoms with van der Waals surface area (Å²) >= 11 is 0. The van der Waals surface area contributed by atoms with Crippen molar-refractivity contribution in [2.24, 2.45) is 5.92 Å². The fraction of sp³-hybridized carbons (Fsp3) is 0.500. The van der Waals surface area contributed by atoms with Gasteiger partial charge in [0.1, 0.15) is 12.1 Å². The van der Waals surface area contributed by atoms with Crippen LogP contribution < -0.4 is 34.7 Å². The van der Waals surface area contributed by atoms with Gasteiger partial charge in [-0.1, -0.05) is 0 Å². The zero-order chi connectivity index (χ0) is 11.7. The zero-order valence-electron chi connectivity index (χ0n) is 9.87. The van der Waals surface area contributed by atoms with Gasteiger partial charge in [0.05, 0.1) is 5.92 Å². The van der Waals surface area contributed by atoms with E-state index >= 15 is 0 Å². The van der Waals surface area contributed by atoms with Gasteiger partial charge in [-0.15, -0.1) is 6.26 Å². The molecule has 1 atom stereocenters. The first-order chi connectivity index (χ1) is 6.36. The molecule has 0 spiro atoms. The number of carbonyl (C=O) groups excluding carboxylic acids is 3. The Balaban J connectivity index is -0.000000180. The van der Waals surface area contributed by atoms with Gasteiger partial charge >= 0.3 is 29.6 Å². The second-order valence-electron chi connectivity index (χ2n) is 2.89. The Morgan fingerprint density at radius 2 is 1.60 bits per heavy atom. The molecule has 1 unspecified atom stereocenters. The number of Topliss-reactive ketones (excluding diaryl/α,β-unsaturated/α-hetero) is 2. The Labute approximate surface area is 112 Å². The molecule has 0 fully saturated rings. The molecule has 0 aliphatic rings. The molecule has 0 aliphatic heterocycles. The molecule has 80 valence electrons. The van der Waals surface area contributed by atoms with E-state index in [9.17, 15) is 19.5 Å². The summed E-state index contributed by atoms with van der Waals surface area (Å²) in [5.74, 6) is -0.648. The molecule has 0 aromatic rings. The third-order valence-electron chi connectivity index (χ3n) is 1.58. The van der Waals surface area contributed by atoms with E-state index in [4.69, 9.17) is 0 Å². The topological polar surface area (TPSA) is 74.3 Å². The monoisotopic (exact) mass is 222 g/mol. The van der Waals surface area contributed by atoms with Crippen molar-refractivity contribution < 1.29 is 49.0 Å². The van der Waals surface area contributed by atoms with Crippen molar-refractivity contribution in [3.8, 4) is 0 Å². The maximum Gasteiger partial charge on any atom is 1.00 e.